The van der Waals surface area contributed by atoms with Crippen molar-refractivity contribution in [1.29, 1.82) is 0 Å². The Kier molecular flexibility index (Phi) is 10.2. The van der Waals surface area contributed by atoms with E-state index in [9.17, 15) is 9.59 Å². The first-order valence-corrected chi connectivity index (χ1v) is 14.1. The monoisotopic (exact) mass is 542 g/mol. The molecule has 4 rings (SSSR count). The Morgan fingerprint density at radius 2 is 1.69 bits per heavy atom. The van der Waals surface area contributed by atoms with E-state index in [1.165, 1.54) is 36.2 Å². The minimum absolute atomic E-state index is 0.294. The van der Waals surface area contributed by atoms with Gasteiger partial charge in [0.25, 0.3) is 5.91 Å². The summed E-state index contributed by atoms with van der Waals surface area (Å²) in [7, 11) is 1.61. The summed E-state index contributed by atoms with van der Waals surface area (Å²) in [6.07, 6.45) is 6.15. The van der Waals surface area contributed by atoms with Crippen LogP contribution in [-0.4, -0.2) is 35.2 Å². The molecule has 1 aromatic heterocycles. The van der Waals surface area contributed by atoms with Crippen LogP contribution >= 0.6 is 11.3 Å². The highest BCUT2D eigenvalue weighted by atomic mass is 32.1. The number of methoxy groups -OCH3 is 1. The van der Waals surface area contributed by atoms with E-state index in [2.05, 4.69) is 27.8 Å². The second-order valence-corrected chi connectivity index (χ2v) is 10.3. The van der Waals surface area contributed by atoms with Crippen LogP contribution in [0.5, 0.6) is 5.75 Å². The van der Waals surface area contributed by atoms with E-state index in [1.54, 1.807) is 7.11 Å². The van der Waals surface area contributed by atoms with Crippen LogP contribution in [0.1, 0.15) is 54.1 Å². The van der Waals surface area contributed by atoms with Gasteiger partial charge < -0.3 is 10.1 Å². The van der Waals surface area contributed by atoms with E-state index >= 15 is 0 Å². The Morgan fingerprint density at radius 3 is 2.44 bits per heavy atom. The predicted octanol–water partition coefficient (Wildman–Crippen LogP) is 6.32. The average molecular weight is 543 g/mol. The average Bonchev–Trinajstić information content (AvgIpc) is 3.44. The molecule has 0 saturated heterocycles. The highest BCUT2D eigenvalue weighted by molar-refractivity contribution is 7.18. The van der Waals surface area contributed by atoms with Crippen LogP contribution in [0, 0.1) is 0 Å². The van der Waals surface area contributed by atoms with Gasteiger partial charge in [0, 0.05) is 17.5 Å². The standard InChI is InChI=1S/C31H34N4O3S/c1-3-4-5-7-11-22-16-18-24(19-17-22)28(36)32-27(20-23-12-8-6-9-13-23)29(37)33-31-35-34-30(39-31)25-14-10-15-26(21-25)38-2/h6,8-10,12-19,21,27H,3-5,7,11,20H2,1-2H3,(H,32,36)(H,33,35,37)/t27-/m0/s1. The highest BCUT2D eigenvalue weighted by Crippen LogP contribution is 2.29. The number of hydrogen-bond acceptors (Lipinski definition) is 6. The number of anilines is 1. The molecule has 0 bridgehead atoms. The second-order valence-electron chi connectivity index (χ2n) is 9.36. The van der Waals surface area contributed by atoms with Gasteiger partial charge in [0.05, 0.1) is 7.11 Å². The molecule has 2 N–H and O–H groups in total. The molecular weight excluding hydrogens is 508 g/mol. The molecule has 4 aromatic rings. The number of carbonyl (C=O) groups excluding carboxylic acids is 2. The van der Waals surface area contributed by atoms with E-state index in [-0.39, 0.29) is 11.8 Å². The van der Waals surface area contributed by atoms with Crippen LogP contribution in [0.3, 0.4) is 0 Å². The van der Waals surface area contributed by atoms with E-state index in [0.717, 1.165) is 24.0 Å². The number of benzene rings is 3. The molecule has 0 aliphatic rings. The van der Waals surface area contributed by atoms with Crippen molar-refractivity contribution in [2.45, 2.75) is 51.5 Å². The van der Waals surface area contributed by atoms with Crippen molar-refractivity contribution in [3.05, 3.63) is 95.6 Å². The third kappa shape index (κ3) is 8.22. The van der Waals surface area contributed by atoms with Crippen LogP contribution in [0.2, 0.25) is 0 Å². The normalized spacial score (nSPS) is 11.5. The van der Waals surface area contributed by atoms with Crippen molar-refractivity contribution < 1.29 is 14.3 Å². The molecule has 3 aromatic carbocycles. The van der Waals surface area contributed by atoms with Crippen LogP contribution in [0.4, 0.5) is 5.13 Å². The number of aromatic nitrogens is 2. The van der Waals surface area contributed by atoms with E-state index in [0.29, 0.717) is 27.9 Å². The molecule has 0 saturated carbocycles. The van der Waals surface area contributed by atoms with Gasteiger partial charge in [-0.2, -0.15) is 0 Å². The molecule has 0 spiro atoms. The molecule has 1 atom stereocenters. The zero-order valence-corrected chi connectivity index (χ0v) is 23.2. The molecule has 0 aliphatic heterocycles. The Morgan fingerprint density at radius 1 is 0.897 bits per heavy atom. The summed E-state index contributed by atoms with van der Waals surface area (Å²) < 4.78 is 5.29. The van der Waals surface area contributed by atoms with Crippen LogP contribution in [0.25, 0.3) is 10.6 Å². The van der Waals surface area contributed by atoms with Crippen molar-refractivity contribution >= 4 is 28.3 Å². The summed E-state index contributed by atoms with van der Waals surface area (Å²) in [4.78, 5) is 26.5. The summed E-state index contributed by atoms with van der Waals surface area (Å²) in [5.74, 6) is 0.0643. The number of unbranched alkanes of at least 4 members (excludes halogenated alkanes) is 3. The number of ether oxygens (including phenoxy) is 1. The van der Waals surface area contributed by atoms with Gasteiger partial charge in [0.1, 0.15) is 16.8 Å². The van der Waals surface area contributed by atoms with Crippen LogP contribution in [-0.2, 0) is 17.6 Å². The summed E-state index contributed by atoms with van der Waals surface area (Å²) >= 11 is 1.26. The second kappa shape index (κ2) is 14.2. The lowest BCUT2D eigenvalue weighted by molar-refractivity contribution is -0.118. The van der Waals surface area contributed by atoms with Gasteiger partial charge in [-0.1, -0.05) is 92.1 Å². The summed E-state index contributed by atoms with van der Waals surface area (Å²) in [5, 5.41) is 15.1. The van der Waals surface area contributed by atoms with Gasteiger partial charge in [-0.05, 0) is 48.2 Å². The van der Waals surface area contributed by atoms with Crippen LogP contribution < -0.4 is 15.4 Å². The minimum Gasteiger partial charge on any atom is -0.497 e. The molecule has 0 unspecified atom stereocenters. The van der Waals surface area contributed by atoms with Gasteiger partial charge in [-0.15, -0.1) is 10.2 Å². The molecule has 7 nitrogen and oxygen atoms in total. The number of hydrogen-bond donors (Lipinski definition) is 2. The third-order valence-corrected chi connectivity index (χ3v) is 7.30. The lowest BCUT2D eigenvalue weighted by atomic mass is 10.0. The summed E-state index contributed by atoms with van der Waals surface area (Å²) in [6.45, 7) is 2.20. The van der Waals surface area contributed by atoms with Crippen molar-refractivity contribution in [3.63, 3.8) is 0 Å². The van der Waals surface area contributed by atoms with Crippen molar-refractivity contribution in [3.8, 4) is 16.3 Å². The Labute approximate surface area is 233 Å². The molecular formula is C31H34N4O3S. The molecule has 0 fully saturated rings. The summed E-state index contributed by atoms with van der Waals surface area (Å²) in [5.41, 5.74) is 3.52. The maximum atomic E-state index is 13.3. The Hall–Kier alpha value is -4.04. The zero-order chi connectivity index (χ0) is 27.5. The first-order chi connectivity index (χ1) is 19.1. The zero-order valence-electron chi connectivity index (χ0n) is 22.4. The topological polar surface area (TPSA) is 93.2 Å². The highest BCUT2D eigenvalue weighted by Gasteiger charge is 2.23. The molecule has 1 heterocycles. The number of rotatable bonds is 13. The van der Waals surface area contributed by atoms with Gasteiger partial charge in [0.2, 0.25) is 11.0 Å². The van der Waals surface area contributed by atoms with E-state index in [4.69, 9.17) is 4.74 Å². The first kappa shape index (κ1) is 28.0. The SMILES string of the molecule is CCCCCCc1ccc(C(=O)N[C@@H](Cc2ccccc2)C(=O)Nc2nnc(-c3cccc(OC)c3)s2)cc1. The fourth-order valence-electron chi connectivity index (χ4n) is 4.22. The fraction of sp³-hybridized carbons (Fsp3) is 0.290. The van der Waals surface area contributed by atoms with E-state index in [1.807, 2.05) is 78.9 Å². The predicted molar refractivity (Wildman–Crippen MR) is 156 cm³/mol. The fourth-order valence-corrected chi connectivity index (χ4v) is 4.96. The third-order valence-electron chi connectivity index (χ3n) is 6.41. The van der Waals surface area contributed by atoms with Crippen molar-refractivity contribution in [1.82, 2.24) is 15.5 Å². The number of nitrogens with zero attached hydrogens (tertiary/aromatic N) is 2. The molecule has 2 amide bonds. The summed E-state index contributed by atoms with van der Waals surface area (Å²) in [6, 6.07) is 24.0. The maximum absolute atomic E-state index is 13.3. The largest absolute Gasteiger partial charge is 0.497 e. The molecule has 0 radical (unpaired) electrons. The molecule has 39 heavy (non-hydrogen) atoms. The Bertz CT molecular complexity index is 1360. The van der Waals surface area contributed by atoms with E-state index < -0.39 is 6.04 Å². The van der Waals surface area contributed by atoms with Crippen molar-refractivity contribution in [2.24, 2.45) is 0 Å². The number of nitrogens with one attached hydrogen (secondary N) is 2. The molecule has 0 aliphatic carbocycles. The number of aryl methyl sites for hydroxylation is 1. The van der Waals surface area contributed by atoms with Gasteiger partial charge in [-0.3, -0.25) is 14.9 Å². The van der Waals surface area contributed by atoms with Gasteiger partial charge in [0.15, 0.2) is 0 Å². The first-order valence-electron chi connectivity index (χ1n) is 13.3. The number of carbonyl (C=O) groups is 2. The van der Waals surface area contributed by atoms with Crippen molar-refractivity contribution in [2.75, 3.05) is 12.4 Å². The maximum Gasteiger partial charge on any atom is 0.251 e. The smallest absolute Gasteiger partial charge is 0.251 e. The lowest BCUT2D eigenvalue weighted by Gasteiger charge is -2.18. The minimum atomic E-state index is -0.794. The molecule has 202 valence electrons. The number of amides is 2. The lowest BCUT2D eigenvalue weighted by Crippen LogP contribution is -2.45. The van der Waals surface area contributed by atoms with Crippen LogP contribution in [0.15, 0.2) is 78.9 Å². The Balaban J connectivity index is 1.44. The quantitative estimate of drug-likeness (QED) is 0.193. The van der Waals surface area contributed by atoms with Gasteiger partial charge >= 0.3 is 0 Å². The molecule has 8 heteroatoms. The van der Waals surface area contributed by atoms with Gasteiger partial charge in [-0.25, -0.2) is 0 Å².